The number of hydrogen-bond donors (Lipinski definition) is 2. The Morgan fingerprint density at radius 1 is 1.20 bits per heavy atom. The highest BCUT2D eigenvalue weighted by Gasteiger charge is 2.20. The average Bonchev–Trinajstić information content (AvgIpc) is 2.92. The summed E-state index contributed by atoms with van der Waals surface area (Å²) in [6.07, 6.45) is 8.79. The Morgan fingerprint density at radius 2 is 2.00 bits per heavy atom. The number of aromatic nitrogens is 1. The highest BCUT2D eigenvalue weighted by molar-refractivity contribution is 5.83. The summed E-state index contributed by atoms with van der Waals surface area (Å²) in [5.74, 6) is 0.510. The molecule has 0 aliphatic heterocycles. The summed E-state index contributed by atoms with van der Waals surface area (Å²) in [5.41, 5.74) is 2.45. The zero-order valence-electron chi connectivity index (χ0n) is 11.8. The van der Waals surface area contributed by atoms with Crippen LogP contribution >= 0.6 is 0 Å². The van der Waals surface area contributed by atoms with Crippen LogP contribution in [0, 0.1) is 5.92 Å². The van der Waals surface area contributed by atoms with Crippen LogP contribution in [0.2, 0.25) is 0 Å². The van der Waals surface area contributed by atoms with E-state index in [9.17, 15) is 4.79 Å². The van der Waals surface area contributed by atoms with E-state index in [2.05, 4.69) is 34.7 Å². The molecule has 0 atom stereocenters. The molecule has 1 saturated carbocycles. The van der Waals surface area contributed by atoms with Crippen LogP contribution in [0.5, 0.6) is 0 Å². The van der Waals surface area contributed by atoms with Gasteiger partial charge in [-0.25, -0.2) is 0 Å². The van der Waals surface area contributed by atoms with E-state index >= 15 is 0 Å². The highest BCUT2D eigenvalue weighted by Crippen LogP contribution is 2.23. The van der Waals surface area contributed by atoms with Gasteiger partial charge < -0.3 is 10.3 Å². The van der Waals surface area contributed by atoms with Gasteiger partial charge in [-0.05, 0) is 30.9 Å². The third-order valence-electron chi connectivity index (χ3n) is 4.34. The molecule has 1 aromatic carbocycles. The van der Waals surface area contributed by atoms with Crippen molar-refractivity contribution >= 4 is 16.8 Å². The van der Waals surface area contributed by atoms with E-state index in [1.54, 1.807) is 0 Å². The summed E-state index contributed by atoms with van der Waals surface area (Å²) in [5, 5.41) is 4.37. The second kappa shape index (κ2) is 6.12. The maximum Gasteiger partial charge on any atom is 0.223 e. The van der Waals surface area contributed by atoms with Crippen molar-refractivity contribution < 1.29 is 4.79 Å². The number of carbonyl (C=O) groups is 1. The summed E-state index contributed by atoms with van der Waals surface area (Å²) >= 11 is 0. The zero-order chi connectivity index (χ0) is 13.8. The predicted octanol–water partition coefficient (Wildman–Crippen LogP) is 3.41. The van der Waals surface area contributed by atoms with Crippen LogP contribution in [0.25, 0.3) is 10.9 Å². The van der Waals surface area contributed by atoms with Crippen molar-refractivity contribution in [2.45, 2.75) is 38.5 Å². The third-order valence-corrected chi connectivity index (χ3v) is 4.34. The van der Waals surface area contributed by atoms with Gasteiger partial charge in [-0.15, -0.1) is 0 Å². The quantitative estimate of drug-likeness (QED) is 0.878. The average molecular weight is 270 g/mol. The minimum absolute atomic E-state index is 0.254. The summed E-state index contributed by atoms with van der Waals surface area (Å²) in [6.45, 7) is 0.733. The Kier molecular flexibility index (Phi) is 4.05. The number of benzene rings is 1. The maximum atomic E-state index is 12.1. The number of hydrogen-bond acceptors (Lipinski definition) is 1. The summed E-state index contributed by atoms with van der Waals surface area (Å²) in [6, 6.07) is 8.30. The third kappa shape index (κ3) is 2.87. The Morgan fingerprint density at radius 3 is 2.85 bits per heavy atom. The standard InChI is InChI=1S/C17H22N2O/c20-17(13-6-2-1-3-7-13)18-11-10-14-12-19-16-9-5-4-8-15(14)16/h4-5,8-9,12-13,19H,1-3,6-7,10-11H2,(H,18,20). The van der Waals surface area contributed by atoms with Crippen LogP contribution < -0.4 is 5.32 Å². The minimum atomic E-state index is 0.254. The summed E-state index contributed by atoms with van der Waals surface area (Å²) in [7, 11) is 0. The highest BCUT2D eigenvalue weighted by atomic mass is 16.1. The van der Waals surface area contributed by atoms with E-state index in [1.807, 2.05) is 6.07 Å². The molecule has 0 saturated heterocycles. The summed E-state index contributed by atoms with van der Waals surface area (Å²) in [4.78, 5) is 15.3. The largest absolute Gasteiger partial charge is 0.361 e. The number of fused-ring (bicyclic) bond motifs is 1. The predicted molar refractivity (Wildman–Crippen MR) is 81.6 cm³/mol. The first-order chi connectivity index (χ1) is 9.84. The second-order valence-corrected chi connectivity index (χ2v) is 5.74. The lowest BCUT2D eigenvalue weighted by Gasteiger charge is -2.20. The van der Waals surface area contributed by atoms with Crippen LogP contribution in [0.1, 0.15) is 37.7 Å². The summed E-state index contributed by atoms with van der Waals surface area (Å²) < 4.78 is 0. The molecule has 2 aromatic rings. The van der Waals surface area contributed by atoms with Crippen LogP contribution in [0.4, 0.5) is 0 Å². The van der Waals surface area contributed by atoms with Gasteiger partial charge in [0.1, 0.15) is 0 Å². The molecule has 3 rings (SSSR count). The molecular formula is C17H22N2O. The molecule has 0 bridgehead atoms. The molecule has 3 nitrogen and oxygen atoms in total. The number of carbonyl (C=O) groups excluding carboxylic acids is 1. The van der Waals surface area contributed by atoms with Gasteiger partial charge in [0.05, 0.1) is 0 Å². The fourth-order valence-corrected chi connectivity index (χ4v) is 3.17. The van der Waals surface area contributed by atoms with Gasteiger partial charge >= 0.3 is 0 Å². The van der Waals surface area contributed by atoms with Crippen LogP contribution in [0.3, 0.4) is 0 Å². The number of aromatic amines is 1. The van der Waals surface area contributed by atoms with E-state index < -0.39 is 0 Å². The lowest BCUT2D eigenvalue weighted by Crippen LogP contribution is -2.33. The monoisotopic (exact) mass is 270 g/mol. The molecule has 0 unspecified atom stereocenters. The first-order valence-electron chi connectivity index (χ1n) is 7.67. The molecule has 2 N–H and O–H groups in total. The second-order valence-electron chi connectivity index (χ2n) is 5.74. The molecule has 106 valence electrons. The molecule has 0 spiro atoms. The number of rotatable bonds is 4. The molecule has 1 aliphatic rings. The van der Waals surface area contributed by atoms with Crippen molar-refractivity contribution in [1.82, 2.24) is 10.3 Å². The molecule has 0 radical (unpaired) electrons. The van der Waals surface area contributed by atoms with E-state index in [1.165, 1.54) is 35.7 Å². The van der Waals surface area contributed by atoms with Crippen molar-refractivity contribution in [2.24, 2.45) is 5.92 Å². The van der Waals surface area contributed by atoms with Crippen molar-refractivity contribution in [3.8, 4) is 0 Å². The van der Waals surface area contributed by atoms with E-state index in [0.29, 0.717) is 0 Å². The minimum Gasteiger partial charge on any atom is -0.361 e. The zero-order valence-corrected chi connectivity index (χ0v) is 11.8. The van der Waals surface area contributed by atoms with Crippen molar-refractivity contribution in [3.05, 3.63) is 36.0 Å². The van der Waals surface area contributed by atoms with E-state index in [-0.39, 0.29) is 11.8 Å². The van der Waals surface area contributed by atoms with E-state index in [4.69, 9.17) is 0 Å². The first kappa shape index (κ1) is 13.2. The molecule has 1 aliphatic carbocycles. The Balaban J connectivity index is 1.53. The van der Waals surface area contributed by atoms with Crippen LogP contribution in [-0.4, -0.2) is 17.4 Å². The van der Waals surface area contributed by atoms with Crippen molar-refractivity contribution in [3.63, 3.8) is 0 Å². The molecular weight excluding hydrogens is 248 g/mol. The molecule has 3 heteroatoms. The SMILES string of the molecule is O=C(NCCc1c[nH]c2ccccc12)C1CCCCC1. The van der Waals surface area contributed by atoms with Crippen molar-refractivity contribution in [1.29, 1.82) is 0 Å². The van der Waals surface area contributed by atoms with Gasteiger partial charge in [-0.3, -0.25) is 4.79 Å². The molecule has 1 heterocycles. The van der Waals surface area contributed by atoms with E-state index in [0.717, 1.165) is 25.8 Å². The first-order valence-corrected chi connectivity index (χ1v) is 7.67. The topological polar surface area (TPSA) is 44.9 Å². The Bertz CT molecular complexity index is 581. The van der Waals surface area contributed by atoms with Gasteiger partial charge in [0.15, 0.2) is 0 Å². The maximum absolute atomic E-state index is 12.1. The van der Waals surface area contributed by atoms with Gasteiger partial charge in [0.25, 0.3) is 0 Å². The van der Waals surface area contributed by atoms with Crippen molar-refractivity contribution in [2.75, 3.05) is 6.54 Å². The van der Waals surface area contributed by atoms with Crippen LogP contribution in [-0.2, 0) is 11.2 Å². The van der Waals surface area contributed by atoms with Crippen LogP contribution in [0.15, 0.2) is 30.5 Å². The molecule has 1 amide bonds. The Labute approximate surface area is 119 Å². The fraction of sp³-hybridized carbons (Fsp3) is 0.471. The fourth-order valence-electron chi connectivity index (χ4n) is 3.17. The molecule has 1 fully saturated rings. The molecule has 1 aromatic heterocycles. The number of H-pyrrole nitrogens is 1. The number of amides is 1. The Hall–Kier alpha value is -1.77. The number of para-hydroxylation sites is 1. The lowest BCUT2D eigenvalue weighted by atomic mass is 9.88. The lowest BCUT2D eigenvalue weighted by molar-refractivity contribution is -0.125. The van der Waals surface area contributed by atoms with Gasteiger partial charge in [-0.1, -0.05) is 37.5 Å². The normalized spacial score (nSPS) is 16.4. The van der Waals surface area contributed by atoms with Gasteiger partial charge in [0.2, 0.25) is 5.91 Å². The molecule has 20 heavy (non-hydrogen) atoms. The smallest absolute Gasteiger partial charge is 0.223 e. The van der Waals surface area contributed by atoms with Gasteiger partial charge in [0, 0.05) is 29.6 Å². The van der Waals surface area contributed by atoms with Gasteiger partial charge in [-0.2, -0.15) is 0 Å². The number of nitrogens with one attached hydrogen (secondary N) is 2.